The maximum absolute atomic E-state index is 13.7. The molecule has 5 rings (SSSR count). The SMILES string of the molecule is Fc1cccc(F)c1OCC1CCC(Oc2ccc3nc(NC[C@H]4CCNC4)oc3c2)CC1. The number of para-hydroxylation sites is 1. The molecule has 0 spiro atoms. The molecule has 2 N–H and O–H groups in total. The molecule has 2 aromatic carbocycles. The Morgan fingerprint density at radius 1 is 1.03 bits per heavy atom. The molecule has 8 heteroatoms. The van der Waals surface area contributed by atoms with Gasteiger partial charge in [0.1, 0.15) is 11.3 Å². The van der Waals surface area contributed by atoms with Crippen LogP contribution in [0.15, 0.2) is 40.8 Å². The van der Waals surface area contributed by atoms with Gasteiger partial charge in [0, 0.05) is 12.6 Å². The summed E-state index contributed by atoms with van der Waals surface area (Å²) in [7, 11) is 0. The summed E-state index contributed by atoms with van der Waals surface area (Å²) in [6, 6.07) is 10.0. The molecular weight excluding hydrogens is 428 g/mol. The van der Waals surface area contributed by atoms with Crippen molar-refractivity contribution in [1.29, 1.82) is 0 Å². The van der Waals surface area contributed by atoms with Crippen molar-refractivity contribution in [2.45, 2.75) is 38.2 Å². The van der Waals surface area contributed by atoms with Gasteiger partial charge >= 0.3 is 0 Å². The number of fused-ring (bicyclic) bond motifs is 1. The van der Waals surface area contributed by atoms with Crippen molar-refractivity contribution in [3.63, 3.8) is 0 Å². The molecule has 0 unspecified atom stereocenters. The monoisotopic (exact) mass is 457 g/mol. The molecule has 1 aliphatic carbocycles. The summed E-state index contributed by atoms with van der Waals surface area (Å²) >= 11 is 0. The summed E-state index contributed by atoms with van der Waals surface area (Å²) in [5, 5.41) is 6.65. The standard InChI is InChI=1S/C25H29F2N3O3/c26-20-2-1-3-21(27)24(20)31-15-16-4-6-18(7-5-16)32-19-8-9-22-23(12-19)33-25(30-22)29-14-17-10-11-28-13-17/h1-3,8-9,12,16-18,28H,4-7,10-11,13-15H2,(H,29,30)/t16?,17-,18?/m0/s1. The van der Waals surface area contributed by atoms with E-state index in [1.54, 1.807) is 0 Å². The first-order valence-electron chi connectivity index (χ1n) is 11.7. The minimum Gasteiger partial charge on any atom is -0.490 e. The number of oxazole rings is 1. The van der Waals surface area contributed by atoms with Gasteiger partial charge in [-0.25, -0.2) is 8.78 Å². The lowest BCUT2D eigenvalue weighted by Gasteiger charge is -2.29. The Balaban J connectivity index is 1.11. The smallest absolute Gasteiger partial charge is 0.295 e. The average Bonchev–Trinajstić information content (AvgIpc) is 3.48. The van der Waals surface area contributed by atoms with Crippen LogP contribution in [0.4, 0.5) is 14.8 Å². The van der Waals surface area contributed by atoms with Crippen molar-refractivity contribution in [2.75, 3.05) is 31.6 Å². The third-order valence-corrected chi connectivity index (χ3v) is 6.54. The summed E-state index contributed by atoms with van der Waals surface area (Å²) in [6.45, 7) is 3.25. The second-order valence-corrected chi connectivity index (χ2v) is 9.01. The van der Waals surface area contributed by atoms with Gasteiger partial charge in [0.15, 0.2) is 23.0 Å². The Morgan fingerprint density at radius 2 is 1.85 bits per heavy atom. The third-order valence-electron chi connectivity index (χ3n) is 6.54. The van der Waals surface area contributed by atoms with Crippen molar-refractivity contribution in [2.24, 2.45) is 11.8 Å². The Kier molecular flexibility index (Phi) is 6.62. The fourth-order valence-corrected chi connectivity index (χ4v) is 4.60. The first kappa shape index (κ1) is 21.9. The highest BCUT2D eigenvalue weighted by Crippen LogP contribution is 2.31. The summed E-state index contributed by atoms with van der Waals surface area (Å²) < 4.78 is 45.0. The number of benzene rings is 2. The van der Waals surface area contributed by atoms with Crippen molar-refractivity contribution in [3.05, 3.63) is 48.0 Å². The van der Waals surface area contributed by atoms with E-state index in [0.717, 1.165) is 56.6 Å². The van der Waals surface area contributed by atoms with E-state index in [4.69, 9.17) is 13.9 Å². The predicted molar refractivity (Wildman–Crippen MR) is 122 cm³/mol. The molecular formula is C25H29F2N3O3. The maximum atomic E-state index is 13.7. The van der Waals surface area contributed by atoms with Crippen LogP contribution in [0.3, 0.4) is 0 Å². The molecule has 176 valence electrons. The normalized spacial score (nSPS) is 23.0. The van der Waals surface area contributed by atoms with Gasteiger partial charge in [0.25, 0.3) is 6.01 Å². The van der Waals surface area contributed by atoms with Gasteiger partial charge in [-0.05, 0) is 81.3 Å². The molecule has 1 saturated carbocycles. The van der Waals surface area contributed by atoms with Gasteiger partial charge in [0.2, 0.25) is 0 Å². The lowest BCUT2D eigenvalue weighted by molar-refractivity contribution is 0.107. The Morgan fingerprint density at radius 3 is 2.61 bits per heavy atom. The topological polar surface area (TPSA) is 68.6 Å². The summed E-state index contributed by atoms with van der Waals surface area (Å²) in [6.07, 6.45) is 4.76. The molecule has 0 bridgehead atoms. The van der Waals surface area contributed by atoms with Crippen molar-refractivity contribution >= 4 is 17.1 Å². The number of ether oxygens (including phenoxy) is 2. The number of nitrogens with zero attached hydrogens (tertiary/aromatic N) is 1. The number of halogens is 2. The number of hydrogen-bond donors (Lipinski definition) is 2. The van der Waals surface area contributed by atoms with Gasteiger partial charge in [-0.3, -0.25) is 0 Å². The fraction of sp³-hybridized carbons (Fsp3) is 0.480. The second kappa shape index (κ2) is 9.95. The molecule has 0 radical (unpaired) electrons. The fourth-order valence-electron chi connectivity index (χ4n) is 4.60. The Hall–Kier alpha value is -2.87. The maximum Gasteiger partial charge on any atom is 0.295 e. The molecule has 3 aromatic rings. The van der Waals surface area contributed by atoms with Crippen molar-refractivity contribution in [3.8, 4) is 11.5 Å². The summed E-state index contributed by atoms with van der Waals surface area (Å²) in [4.78, 5) is 4.51. The van der Waals surface area contributed by atoms with Gasteiger partial charge in [-0.2, -0.15) is 4.98 Å². The van der Waals surface area contributed by atoms with E-state index in [1.165, 1.54) is 24.6 Å². The number of hydrogen-bond acceptors (Lipinski definition) is 6. The lowest BCUT2D eigenvalue weighted by Crippen LogP contribution is -2.27. The van der Waals surface area contributed by atoms with Crippen LogP contribution in [0, 0.1) is 23.5 Å². The second-order valence-electron chi connectivity index (χ2n) is 9.01. The molecule has 1 aromatic heterocycles. The van der Waals surface area contributed by atoms with E-state index in [-0.39, 0.29) is 17.8 Å². The van der Waals surface area contributed by atoms with E-state index in [0.29, 0.717) is 24.1 Å². The van der Waals surface area contributed by atoms with E-state index in [9.17, 15) is 8.78 Å². The van der Waals surface area contributed by atoms with Crippen molar-refractivity contribution < 1.29 is 22.7 Å². The van der Waals surface area contributed by atoms with Crippen LogP contribution in [0.5, 0.6) is 11.5 Å². The van der Waals surface area contributed by atoms with Crippen LogP contribution in [0.2, 0.25) is 0 Å². The minimum atomic E-state index is -0.663. The van der Waals surface area contributed by atoms with Gasteiger partial charge < -0.3 is 24.5 Å². The number of anilines is 1. The average molecular weight is 458 g/mol. The molecule has 2 fully saturated rings. The first-order valence-corrected chi connectivity index (χ1v) is 11.7. The Labute approximate surface area is 191 Å². The quantitative estimate of drug-likeness (QED) is 0.488. The van der Waals surface area contributed by atoms with Gasteiger partial charge in [-0.15, -0.1) is 0 Å². The van der Waals surface area contributed by atoms with Crippen LogP contribution in [-0.4, -0.2) is 37.3 Å². The molecule has 2 heterocycles. The molecule has 1 saturated heterocycles. The predicted octanol–water partition coefficient (Wildman–Crippen LogP) is 5.14. The highest BCUT2D eigenvalue weighted by molar-refractivity contribution is 5.76. The highest BCUT2D eigenvalue weighted by Gasteiger charge is 2.24. The molecule has 0 amide bonds. The molecule has 33 heavy (non-hydrogen) atoms. The van der Waals surface area contributed by atoms with E-state index in [1.807, 2.05) is 18.2 Å². The molecule has 1 atom stereocenters. The number of nitrogens with one attached hydrogen (secondary N) is 2. The van der Waals surface area contributed by atoms with Gasteiger partial charge in [-0.1, -0.05) is 6.07 Å². The van der Waals surface area contributed by atoms with E-state index >= 15 is 0 Å². The van der Waals surface area contributed by atoms with Crippen LogP contribution >= 0.6 is 0 Å². The lowest BCUT2D eigenvalue weighted by atomic mass is 9.88. The zero-order chi connectivity index (χ0) is 22.6. The largest absolute Gasteiger partial charge is 0.490 e. The number of rotatable bonds is 8. The zero-order valence-corrected chi connectivity index (χ0v) is 18.5. The van der Waals surface area contributed by atoms with Crippen molar-refractivity contribution in [1.82, 2.24) is 10.3 Å². The van der Waals surface area contributed by atoms with Crippen LogP contribution < -0.4 is 20.1 Å². The van der Waals surface area contributed by atoms with E-state index in [2.05, 4.69) is 15.6 Å². The molecule has 2 aliphatic rings. The number of aromatic nitrogens is 1. The summed E-state index contributed by atoms with van der Waals surface area (Å²) in [5.74, 6) is 0.00488. The zero-order valence-electron chi connectivity index (χ0n) is 18.5. The molecule has 1 aliphatic heterocycles. The summed E-state index contributed by atoms with van der Waals surface area (Å²) in [5.41, 5.74) is 1.50. The van der Waals surface area contributed by atoms with Crippen LogP contribution in [0.1, 0.15) is 32.1 Å². The van der Waals surface area contributed by atoms with Crippen LogP contribution in [-0.2, 0) is 0 Å². The van der Waals surface area contributed by atoms with Gasteiger partial charge in [0.05, 0.1) is 12.7 Å². The first-order chi connectivity index (χ1) is 16.1. The minimum absolute atomic E-state index is 0.0966. The van der Waals surface area contributed by atoms with Crippen LogP contribution in [0.25, 0.3) is 11.1 Å². The Bertz CT molecular complexity index is 1060. The molecule has 6 nitrogen and oxygen atoms in total. The highest BCUT2D eigenvalue weighted by atomic mass is 19.1. The third kappa shape index (κ3) is 5.38. The van der Waals surface area contributed by atoms with E-state index < -0.39 is 11.6 Å².